The van der Waals surface area contributed by atoms with Crippen LogP contribution in [-0.4, -0.2) is 79.9 Å². The third-order valence-electron chi connectivity index (χ3n) is 7.16. The molecule has 2 aromatic carbocycles. The van der Waals surface area contributed by atoms with Crippen molar-refractivity contribution < 1.29 is 38.5 Å². The number of nitrogens with zero attached hydrogens (tertiary/aromatic N) is 2. The van der Waals surface area contributed by atoms with Crippen LogP contribution >= 0.6 is 0 Å². The molecule has 11 heteroatoms. The van der Waals surface area contributed by atoms with Crippen molar-refractivity contribution in [2.45, 2.75) is 38.1 Å². The van der Waals surface area contributed by atoms with Gasteiger partial charge in [-0.05, 0) is 42.7 Å². The number of hydroxylamine groups is 2. The molecule has 3 N–H and O–H groups in total. The number of benzene rings is 2. The van der Waals surface area contributed by atoms with Gasteiger partial charge in [0, 0.05) is 25.0 Å². The second-order valence-electron chi connectivity index (χ2n) is 9.51. The van der Waals surface area contributed by atoms with Crippen LogP contribution in [0.15, 0.2) is 42.5 Å². The van der Waals surface area contributed by atoms with Crippen LogP contribution in [0.2, 0.25) is 0 Å². The van der Waals surface area contributed by atoms with Gasteiger partial charge in [0.05, 0.1) is 26.2 Å². The zero-order valence-corrected chi connectivity index (χ0v) is 22.4. The van der Waals surface area contributed by atoms with E-state index in [9.17, 15) is 14.7 Å². The van der Waals surface area contributed by atoms with Crippen molar-refractivity contribution in [1.82, 2.24) is 9.96 Å². The number of carboxylic acid groups (broad SMARTS) is 1. The van der Waals surface area contributed by atoms with E-state index in [1.165, 1.54) is 5.06 Å². The van der Waals surface area contributed by atoms with Crippen molar-refractivity contribution in [3.63, 3.8) is 0 Å². The largest absolute Gasteiger partial charge is 0.493 e. The van der Waals surface area contributed by atoms with Crippen molar-refractivity contribution in [2.24, 2.45) is 11.7 Å². The zero-order valence-electron chi connectivity index (χ0n) is 22.4. The smallest absolute Gasteiger partial charge is 0.308 e. The van der Waals surface area contributed by atoms with Crippen LogP contribution < -0.4 is 24.7 Å². The lowest BCUT2D eigenvalue weighted by Gasteiger charge is -2.29. The van der Waals surface area contributed by atoms with Gasteiger partial charge >= 0.3 is 5.97 Å². The standard InChI is InChI=1S/C28H37N3O8/c1-3-4-12-31(39-17-29)26(32)16-30-15-20(19-9-10-24-25(14-19)38-18-37-24)27(28(33)34)21(30)11-13-36-23-8-6-5-7-22(23)35-2/h5-10,14,20-21,27H,3-4,11-13,15-18,29H2,1-2H3,(H,33,34)/t20-,21+,27-/m1/s1. The Bertz CT molecular complexity index is 1130. The molecule has 2 heterocycles. The van der Waals surface area contributed by atoms with E-state index in [4.69, 9.17) is 29.5 Å². The molecule has 212 valence electrons. The molecule has 39 heavy (non-hydrogen) atoms. The maximum absolute atomic E-state index is 13.3. The first-order valence-corrected chi connectivity index (χ1v) is 13.2. The second-order valence-corrected chi connectivity index (χ2v) is 9.51. The summed E-state index contributed by atoms with van der Waals surface area (Å²) in [6, 6.07) is 12.3. The summed E-state index contributed by atoms with van der Waals surface area (Å²) >= 11 is 0. The van der Waals surface area contributed by atoms with Crippen molar-refractivity contribution >= 4 is 11.9 Å². The summed E-state index contributed by atoms with van der Waals surface area (Å²) in [7, 11) is 1.57. The number of carboxylic acids is 1. The van der Waals surface area contributed by atoms with E-state index in [-0.39, 0.29) is 38.5 Å². The predicted molar refractivity (Wildman–Crippen MR) is 142 cm³/mol. The predicted octanol–water partition coefficient (Wildman–Crippen LogP) is 2.84. The van der Waals surface area contributed by atoms with E-state index >= 15 is 0 Å². The molecule has 2 aromatic rings. The number of ether oxygens (including phenoxy) is 4. The third kappa shape index (κ3) is 6.73. The first-order valence-electron chi connectivity index (χ1n) is 13.2. The molecular formula is C28H37N3O8. The molecule has 1 saturated heterocycles. The van der Waals surface area contributed by atoms with E-state index in [1.807, 2.05) is 36.1 Å². The Hall–Kier alpha value is -3.54. The number of aliphatic carboxylic acids is 1. The molecule has 3 atom stereocenters. The molecule has 0 aliphatic carbocycles. The minimum Gasteiger partial charge on any atom is -0.493 e. The number of fused-ring (bicyclic) bond motifs is 1. The second kappa shape index (κ2) is 13.5. The molecular weight excluding hydrogens is 506 g/mol. The summed E-state index contributed by atoms with van der Waals surface area (Å²) in [6.07, 6.45) is 2.03. The van der Waals surface area contributed by atoms with Crippen LogP contribution in [0, 0.1) is 5.92 Å². The maximum Gasteiger partial charge on any atom is 0.308 e. The van der Waals surface area contributed by atoms with Gasteiger partial charge in [0.25, 0.3) is 5.91 Å². The number of rotatable bonds is 14. The van der Waals surface area contributed by atoms with Gasteiger partial charge in [-0.25, -0.2) is 5.06 Å². The third-order valence-corrected chi connectivity index (χ3v) is 7.16. The topological polar surface area (TPSA) is 133 Å². The number of nitrogens with two attached hydrogens (primary N) is 1. The molecule has 1 amide bonds. The van der Waals surface area contributed by atoms with Gasteiger partial charge in [0.1, 0.15) is 6.73 Å². The molecule has 1 fully saturated rings. The molecule has 0 radical (unpaired) electrons. The van der Waals surface area contributed by atoms with E-state index in [2.05, 4.69) is 0 Å². The minimum absolute atomic E-state index is 0.00608. The SMILES string of the molecule is CCCCN(OCN)C(=O)CN1C[C@H](c2ccc3c(c2)OCO3)[C@@H](C(=O)O)[C@@H]1CCOc1ccccc1OC. The summed E-state index contributed by atoms with van der Waals surface area (Å²) < 4.78 is 22.3. The molecule has 11 nitrogen and oxygen atoms in total. The lowest BCUT2D eigenvalue weighted by molar-refractivity contribution is -0.187. The number of carbonyl (C=O) groups is 2. The number of hydrogen-bond acceptors (Lipinski definition) is 9. The van der Waals surface area contributed by atoms with Crippen LogP contribution in [0.5, 0.6) is 23.0 Å². The van der Waals surface area contributed by atoms with Gasteiger partial charge in [-0.3, -0.25) is 19.3 Å². The van der Waals surface area contributed by atoms with Crippen molar-refractivity contribution in [3.8, 4) is 23.0 Å². The molecule has 0 saturated carbocycles. The highest BCUT2D eigenvalue weighted by Crippen LogP contribution is 2.43. The van der Waals surface area contributed by atoms with E-state index in [0.29, 0.717) is 42.5 Å². The highest BCUT2D eigenvalue weighted by atomic mass is 16.7. The van der Waals surface area contributed by atoms with Crippen molar-refractivity contribution in [3.05, 3.63) is 48.0 Å². The van der Waals surface area contributed by atoms with Crippen LogP contribution in [-0.2, 0) is 14.4 Å². The molecule has 0 aromatic heterocycles. The Labute approximate surface area is 228 Å². The lowest BCUT2D eigenvalue weighted by atomic mass is 9.84. The normalized spacial score (nSPS) is 20.1. The summed E-state index contributed by atoms with van der Waals surface area (Å²) in [4.78, 5) is 33.3. The number of likely N-dealkylation sites (tertiary alicyclic amines) is 1. The van der Waals surface area contributed by atoms with E-state index < -0.39 is 17.9 Å². The summed E-state index contributed by atoms with van der Waals surface area (Å²) in [5, 5.41) is 11.7. The Morgan fingerprint density at radius 3 is 2.64 bits per heavy atom. The van der Waals surface area contributed by atoms with Gasteiger partial charge in [-0.1, -0.05) is 31.5 Å². The number of methoxy groups -OCH3 is 1. The molecule has 0 unspecified atom stereocenters. The van der Waals surface area contributed by atoms with Crippen LogP contribution in [0.3, 0.4) is 0 Å². The summed E-state index contributed by atoms with van der Waals surface area (Å²) in [5.74, 6) is 0.0270. The number of para-hydroxylation sites is 2. The fourth-order valence-electron chi connectivity index (χ4n) is 5.27. The average Bonchev–Trinajstić information content (AvgIpc) is 3.55. The zero-order chi connectivity index (χ0) is 27.8. The molecule has 4 rings (SSSR count). The fourth-order valence-corrected chi connectivity index (χ4v) is 5.27. The molecule has 0 spiro atoms. The molecule has 2 aliphatic rings. The Kier molecular flexibility index (Phi) is 9.85. The minimum atomic E-state index is -0.934. The Balaban J connectivity index is 1.57. The van der Waals surface area contributed by atoms with Gasteiger partial charge in [0.2, 0.25) is 6.79 Å². The number of amides is 1. The number of unbranched alkanes of at least 4 members (excludes halogenated alkanes) is 1. The quantitative estimate of drug-likeness (QED) is 0.271. The van der Waals surface area contributed by atoms with Gasteiger partial charge in [-0.15, -0.1) is 0 Å². The molecule has 0 bridgehead atoms. The lowest BCUT2D eigenvalue weighted by Crippen LogP contribution is -2.45. The first kappa shape index (κ1) is 28.5. The maximum atomic E-state index is 13.3. The van der Waals surface area contributed by atoms with Crippen molar-refractivity contribution in [1.29, 1.82) is 0 Å². The number of carbonyl (C=O) groups excluding carboxylic acids is 1. The monoisotopic (exact) mass is 543 g/mol. The van der Waals surface area contributed by atoms with Crippen LogP contribution in [0.4, 0.5) is 0 Å². The van der Waals surface area contributed by atoms with E-state index in [0.717, 1.165) is 18.4 Å². The van der Waals surface area contributed by atoms with Crippen LogP contribution in [0.25, 0.3) is 0 Å². The molecule has 2 aliphatic heterocycles. The van der Waals surface area contributed by atoms with Crippen LogP contribution in [0.1, 0.15) is 37.7 Å². The number of hydrogen-bond donors (Lipinski definition) is 2. The van der Waals surface area contributed by atoms with Crippen molar-refractivity contribution in [2.75, 3.05) is 46.9 Å². The Morgan fingerprint density at radius 1 is 1.15 bits per heavy atom. The highest BCUT2D eigenvalue weighted by Gasteiger charge is 2.47. The van der Waals surface area contributed by atoms with Gasteiger partial charge in [-0.2, -0.15) is 0 Å². The Morgan fingerprint density at radius 2 is 1.92 bits per heavy atom. The van der Waals surface area contributed by atoms with Gasteiger partial charge in [0.15, 0.2) is 23.0 Å². The summed E-state index contributed by atoms with van der Waals surface area (Å²) in [6.45, 7) is 3.05. The van der Waals surface area contributed by atoms with Gasteiger partial charge < -0.3 is 29.8 Å². The highest BCUT2D eigenvalue weighted by molar-refractivity contribution is 5.78. The fraction of sp³-hybridized carbons (Fsp3) is 0.500. The van der Waals surface area contributed by atoms with E-state index in [1.54, 1.807) is 25.3 Å². The summed E-state index contributed by atoms with van der Waals surface area (Å²) in [5.41, 5.74) is 6.39. The first-order chi connectivity index (χ1) is 19.0. The average molecular weight is 544 g/mol.